The van der Waals surface area contributed by atoms with Crippen LogP contribution in [0.2, 0.25) is 0 Å². The molecule has 0 aromatic rings. The Morgan fingerprint density at radius 2 is 2.29 bits per heavy atom. The molecule has 2 nitrogen and oxygen atoms in total. The molecule has 2 heteroatoms. The van der Waals surface area contributed by atoms with Gasteiger partial charge < -0.3 is 4.74 Å². The quantitative estimate of drug-likeness (QED) is 0.602. The van der Waals surface area contributed by atoms with Gasteiger partial charge in [-0.25, -0.2) is 0 Å². The molecule has 0 aliphatic carbocycles. The zero-order chi connectivity index (χ0) is 10.4. The summed E-state index contributed by atoms with van der Waals surface area (Å²) in [6.45, 7) is 13.3. The minimum atomic E-state index is 0.744. The topological polar surface area (TPSA) is 12.5 Å². The van der Waals surface area contributed by atoms with E-state index in [-0.39, 0.29) is 0 Å². The molecule has 0 saturated carbocycles. The molecule has 0 spiro atoms. The maximum absolute atomic E-state index is 5.17. The molecule has 80 valence electrons. The second-order valence-corrected chi connectivity index (χ2v) is 3.89. The summed E-state index contributed by atoms with van der Waals surface area (Å²) in [7, 11) is 0. The zero-order valence-corrected chi connectivity index (χ0v) is 9.33. The van der Waals surface area contributed by atoms with Crippen molar-refractivity contribution in [1.82, 2.24) is 4.90 Å². The third-order valence-electron chi connectivity index (χ3n) is 2.50. The summed E-state index contributed by atoms with van der Waals surface area (Å²) in [6, 6.07) is 0. The van der Waals surface area contributed by atoms with Crippen molar-refractivity contribution in [2.24, 2.45) is 5.92 Å². The summed E-state index contributed by atoms with van der Waals surface area (Å²) < 4.78 is 5.17. The Balaban J connectivity index is 2.26. The Morgan fingerprint density at radius 1 is 1.57 bits per heavy atom. The van der Waals surface area contributed by atoms with Crippen molar-refractivity contribution in [3.8, 4) is 0 Å². The molecule has 1 heterocycles. The van der Waals surface area contributed by atoms with Gasteiger partial charge in [0.15, 0.2) is 0 Å². The largest absolute Gasteiger partial charge is 0.381 e. The van der Waals surface area contributed by atoms with Crippen LogP contribution < -0.4 is 0 Å². The average Bonchev–Trinajstić information content (AvgIpc) is 2.09. The first kappa shape index (κ1) is 11.5. The smallest absolute Gasteiger partial charge is 0.0528 e. The fourth-order valence-electron chi connectivity index (χ4n) is 1.64. The van der Waals surface area contributed by atoms with Crippen LogP contribution in [0.1, 0.15) is 13.8 Å². The molecule has 1 fully saturated rings. The molecule has 1 aliphatic heterocycles. The predicted molar refractivity (Wildman–Crippen MR) is 60.4 cm³/mol. The van der Waals surface area contributed by atoms with E-state index >= 15 is 0 Å². The molecule has 0 aromatic carbocycles. The van der Waals surface area contributed by atoms with Crippen molar-refractivity contribution in [2.45, 2.75) is 13.8 Å². The van der Waals surface area contributed by atoms with Crippen LogP contribution in [0.5, 0.6) is 0 Å². The van der Waals surface area contributed by atoms with Crippen LogP contribution in [0.4, 0.5) is 0 Å². The molecule has 0 radical (unpaired) electrons. The van der Waals surface area contributed by atoms with Gasteiger partial charge in [-0.1, -0.05) is 25.7 Å². The minimum absolute atomic E-state index is 0.744. The van der Waals surface area contributed by atoms with Crippen molar-refractivity contribution in [3.63, 3.8) is 0 Å². The molecule has 0 bridgehead atoms. The van der Waals surface area contributed by atoms with Crippen molar-refractivity contribution in [3.05, 3.63) is 24.3 Å². The predicted octanol–water partition coefficient (Wildman–Crippen LogP) is 2.09. The van der Waals surface area contributed by atoms with E-state index in [1.807, 2.05) is 13.0 Å². The lowest BCUT2D eigenvalue weighted by atomic mass is 10.1. The van der Waals surface area contributed by atoms with Gasteiger partial charge in [-0.05, 0) is 19.0 Å². The van der Waals surface area contributed by atoms with Crippen LogP contribution >= 0.6 is 0 Å². The second kappa shape index (κ2) is 5.99. The number of hydrogen-bond acceptors (Lipinski definition) is 2. The average molecular weight is 195 g/mol. The van der Waals surface area contributed by atoms with Gasteiger partial charge in [0.05, 0.1) is 13.2 Å². The van der Waals surface area contributed by atoms with Crippen LogP contribution in [0.15, 0.2) is 24.3 Å². The SMILES string of the molecule is C=C(/C=C\C)CN(CC)CC1COC1. The van der Waals surface area contributed by atoms with Gasteiger partial charge in [-0.15, -0.1) is 0 Å². The molecule has 0 unspecified atom stereocenters. The van der Waals surface area contributed by atoms with Crippen molar-refractivity contribution in [1.29, 1.82) is 0 Å². The van der Waals surface area contributed by atoms with E-state index in [0.717, 1.165) is 38.8 Å². The Hall–Kier alpha value is -0.600. The summed E-state index contributed by atoms with van der Waals surface area (Å²) in [6.07, 6.45) is 4.13. The summed E-state index contributed by atoms with van der Waals surface area (Å²) >= 11 is 0. The summed E-state index contributed by atoms with van der Waals surface area (Å²) in [5.74, 6) is 0.744. The number of likely N-dealkylation sites (N-methyl/N-ethyl adjacent to an activating group) is 1. The standard InChI is InChI=1S/C12H21NO/c1-4-6-11(3)7-13(5-2)8-12-9-14-10-12/h4,6,12H,3,5,7-10H2,1-2H3/b6-4-. The number of ether oxygens (including phenoxy) is 1. The molecular weight excluding hydrogens is 174 g/mol. The Bertz CT molecular complexity index is 206. The maximum Gasteiger partial charge on any atom is 0.0528 e. The summed E-state index contributed by atoms with van der Waals surface area (Å²) in [4.78, 5) is 2.43. The molecule has 1 aliphatic rings. The Kier molecular flexibility index (Phi) is 4.91. The van der Waals surface area contributed by atoms with E-state index in [1.54, 1.807) is 0 Å². The highest BCUT2D eigenvalue weighted by Gasteiger charge is 2.20. The summed E-state index contributed by atoms with van der Waals surface area (Å²) in [5, 5.41) is 0. The van der Waals surface area contributed by atoms with Crippen LogP contribution in [-0.4, -0.2) is 37.7 Å². The van der Waals surface area contributed by atoms with Gasteiger partial charge in [0.1, 0.15) is 0 Å². The van der Waals surface area contributed by atoms with Crippen molar-refractivity contribution < 1.29 is 4.74 Å². The maximum atomic E-state index is 5.17. The number of hydrogen-bond donors (Lipinski definition) is 0. The number of nitrogens with zero attached hydrogens (tertiary/aromatic N) is 1. The first-order valence-corrected chi connectivity index (χ1v) is 5.36. The van der Waals surface area contributed by atoms with Gasteiger partial charge in [-0.2, -0.15) is 0 Å². The first-order chi connectivity index (χ1) is 6.76. The van der Waals surface area contributed by atoms with Gasteiger partial charge >= 0.3 is 0 Å². The number of allylic oxidation sites excluding steroid dienone is 1. The Labute approximate surface area is 87.2 Å². The van der Waals surface area contributed by atoms with E-state index in [4.69, 9.17) is 4.74 Å². The highest BCUT2D eigenvalue weighted by molar-refractivity contribution is 5.15. The van der Waals surface area contributed by atoms with Crippen molar-refractivity contribution in [2.75, 3.05) is 32.8 Å². The summed E-state index contributed by atoms with van der Waals surface area (Å²) in [5.41, 5.74) is 1.19. The monoisotopic (exact) mass is 195 g/mol. The molecule has 14 heavy (non-hydrogen) atoms. The van der Waals surface area contributed by atoms with Gasteiger partial charge in [0.2, 0.25) is 0 Å². The highest BCUT2D eigenvalue weighted by atomic mass is 16.5. The molecular formula is C12H21NO. The van der Waals surface area contributed by atoms with Gasteiger partial charge in [-0.3, -0.25) is 4.90 Å². The van der Waals surface area contributed by atoms with E-state index in [0.29, 0.717) is 0 Å². The van der Waals surface area contributed by atoms with Crippen LogP contribution in [0, 0.1) is 5.92 Å². The third-order valence-corrected chi connectivity index (χ3v) is 2.50. The fraction of sp³-hybridized carbons (Fsp3) is 0.667. The van der Waals surface area contributed by atoms with Crippen LogP contribution in [-0.2, 0) is 4.74 Å². The lowest BCUT2D eigenvalue weighted by Crippen LogP contribution is -2.40. The van der Waals surface area contributed by atoms with E-state index in [9.17, 15) is 0 Å². The van der Waals surface area contributed by atoms with E-state index in [2.05, 4.69) is 24.5 Å². The third kappa shape index (κ3) is 3.64. The van der Waals surface area contributed by atoms with Gasteiger partial charge in [0, 0.05) is 19.0 Å². The highest BCUT2D eigenvalue weighted by Crippen LogP contribution is 2.12. The minimum Gasteiger partial charge on any atom is -0.381 e. The number of rotatable bonds is 6. The van der Waals surface area contributed by atoms with Crippen molar-refractivity contribution >= 4 is 0 Å². The molecule has 1 saturated heterocycles. The normalized spacial score (nSPS) is 17.6. The fourth-order valence-corrected chi connectivity index (χ4v) is 1.64. The van der Waals surface area contributed by atoms with E-state index in [1.165, 1.54) is 5.57 Å². The molecule has 0 aromatic heterocycles. The van der Waals surface area contributed by atoms with Crippen LogP contribution in [0.25, 0.3) is 0 Å². The van der Waals surface area contributed by atoms with E-state index < -0.39 is 0 Å². The molecule has 0 amide bonds. The second-order valence-electron chi connectivity index (χ2n) is 3.89. The lowest BCUT2D eigenvalue weighted by molar-refractivity contribution is -0.0448. The lowest BCUT2D eigenvalue weighted by Gasteiger charge is -2.31. The molecule has 0 N–H and O–H groups in total. The Morgan fingerprint density at radius 3 is 2.71 bits per heavy atom. The van der Waals surface area contributed by atoms with Gasteiger partial charge in [0.25, 0.3) is 0 Å². The molecule has 1 rings (SSSR count). The first-order valence-electron chi connectivity index (χ1n) is 5.36. The zero-order valence-electron chi connectivity index (χ0n) is 9.33. The molecule has 0 atom stereocenters. The van der Waals surface area contributed by atoms with Crippen LogP contribution in [0.3, 0.4) is 0 Å².